The first-order valence-corrected chi connectivity index (χ1v) is 16.5. The summed E-state index contributed by atoms with van der Waals surface area (Å²) in [5.74, 6) is 1.87. The van der Waals surface area contributed by atoms with Gasteiger partial charge in [0.2, 0.25) is 5.91 Å². The van der Waals surface area contributed by atoms with Gasteiger partial charge in [-0.2, -0.15) is 0 Å². The van der Waals surface area contributed by atoms with Gasteiger partial charge in [-0.1, -0.05) is 85.6 Å². The largest absolute Gasteiger partial charge is 0.487 e. The molecule has 2 aliphatic heterocycles. The summed E-state index contributed by atoms with van der Waals surface area (Å²) in [5.41, 5.74) is 4.50. The van der Waals surface area contributed by atoms with E-state index >= 15 is 0 Å². The van der Waals surface area contributed by atoms with Gasteiger partial charge in [-0.15, -0.1) is 0 Å². The summed E-state index contributed by atoms with van der Waals surface area (Å²) >= 11 is 12.5. The molecule has 1 saturated carbocycles. The van der Waals surface area contributed by atoms with E-state index in [1.54, 1.807) is 6.07 Å². The van der Waals surface area contributed by atoms with Gasteiger partial charge in [0.05, 0.1) is 28.6 Å². The number of aliphatic hydroxyl groups excluding tert-OH is 1. The van der Waals surface area contributed by atoms with Crippen molar-refractivity contribution in [2.45, 2.75) is 75.7 Å². The summed E-state index contributed by atoms with van der Waals surface area (Å²) in [5, 5.41) is 12.2. The lowest BCUT2D eigenvalue weighted by Gasteiger charge is -2.60. The molecule has 7 heteroatoms. The van der Waals surface area contributed by atoms with Gasteiger partial charge in [0.15, 0.2) is 0 Å². The maximum absolute atomic E-state index is 14.1. The predicted molar refractivity (Wildman–Crippen MR) is 171 cm³/mol. The van der Waals surface area contributed by atoms with Crippen molar-refractivity contribution < 1.29 is 14.6 Å². The van der Waals surface area contributed by atoms with Crippen LogP contribution in [0.4, 0.5) is 0 Å². The van der Waals surface area contributed by atoms with E-state index in [1.165, 1.54) is 11.1 Å². The van der Waals surface area contributed by atoms with Gasteiger partial charge in [-0.05, 0) is 79.0 Å². The minimum absolute atomic E-state index is 0.00520. The van der Waals surface area contributed by atoms with Crippen LogP contribution >= 0.6 is 23.2 Å². The van der Waals surface area contributed by atoms with Gasteiger partial charge in [-0.3, -0.25) is 9.69 Å². The van der Waals surface area contributed by atoms with Crippen LogP contribution in [0.15, 0.2) is 66.7 Å². The molecule has 1 unspecified atom stereocenters. The number of rotatable bonds is 8. The van der Waals surface area contributed by atoms with Gasteiger partial charge in [0, 0.05) is 30.1 Å². The highest BCUT2D eigenvalue weighted by molar-refractivity contribution is 6.42. The van der Waals surface area contributed by atoms with Crippen LogP contribution in [0.2, 0.25) is 10.0 Å². The molecule has 43 heavy (non-hydrogen) atoms. The van der Waals surface area contributed by atoms with Crippen LogP contribution in [0.25, 0.3) is 0 Å². The fraction of sp³-hybridized carbons (Fsp3) is 0.472. The second-order valence-electron chi connectivity index (χ2n) is 13.4. The average molecular weight is 620 g/mol. The molecule has 1 N–H and O–H groups in total. The minimum Gasteiger partial charge on any atom is -0.487 e. The molecule has 1 spiro atoms. The minimum atomic E-state index is -0.518. The Morgan fingerprint density at radius 2 is 1.88 bits per heavy atom. The Bertz CT molecular complexity index is 1510. The molecular weight excluding hydrogens is 579 g/mol. The van der Waals surface area contributed by atoms with Crippen LogP contribution in [0.5, 0.6) is 5.75 Å². The fourth-order valence-corrected chi connectivity index (χ4v) is 9.18. The number of halogens is 2. The highest BCUT2D eigenvalue weighted by atomic mass is 35.5. The molecule has 2 fully saturated rings. The summed E-state index contributed by atoms with van der Waals surface area (Å²) < 4.78 is 6.97. The Kier molecular flexibility index (Phi) is 7.74. The zero-order valence-corrected chi connectivity index (χ0v) is 26.4. The van der Waals surface area contributed by atoms with Gasteiger partial charge < -0.3 is 14.7 Å². The number of aliphatic hydroxyl groups is 1. The topological polar surface area (TPSA) is 53.0 Å². The predicted octanol–water partition coefficient (Wildman–Crippen LogP) is 6.86. The summed E-state index contributed by atoms with van der Waals surface area (Å²) in [7, 11) is 0. The maximum atomic E-state index is 14.1. The van der Waals surface area contributed by atoms with E-state index in [2.05, 4.69) is 41.8 Å². The number of nitrogens with zero attached hydrogens (tertiary/aromatic N) is 2. The normalized spacial score (nSPS) is 27.9. The van der Waals surface area contributed by atoms with Crippen molar-refractivity contribution in [3.8, 4) is 5.75 Å². The molecule has 2 bridgehead atoms. The SMILES string of the molecule is CC(C)CN(C(=O)Cc1ccc(Cl)c(Cl)c1)[C@H]1CC[C@H]2[C@H]3Cc4cccc5c4[C@@]2(CCN3CC(O)c2ccccc2)[C@H]1O5. The lowest BCUT2D eigenvalue weighted by molar-refractivity contribution is -0.143. The zero-order chi connectivity index (χ0) is 29.9. The molecule has 226 valence electrons. The molecule has 0 aromatic heterocycles. The molecule has 3 aromatic rings. The molecule has 7 rings (SSSR count). The van der Waals surface area contributed by atoms with Crippen LogP contribution in [0.1, 0.15) is 61.5 Å². The van der Waals surface area contributed by atoms with Gasteiger partial charge in [0.1, 0.15) is 11.9 Å². The monoisotopic (exact) mass is 618 g/mol. The first kappa shape index (κ1) is 29.2. The third-order valence-electron chi connectivity index (χ3n) is 10.5. The van der Waals surface area contributed by atoms with Crippen LogP contribution in [0, 0.1) is 11.8 Å². The van der Waals surface area contributed by atoms with Gasteiger partial charge >= 0.3 is 0 Å². The zero-order valence-electron chi connectivity index (χ0n) is 24.9. The van der Waals surface area contributed by atoms with E-state index in [1.807, 2.05) is 42.5 Å². The molecule has 1 saturated heterocycles. The van der Waals surface area contributed by atoms with Crippen LogP contribution in [-0.4, -0.2) is 58.6 Å². The number of hydrogen-bond acceptors (Lipinski definition) is 4. The number of ether oxygens (including phenoxy) is 1. The third-order valence-corrected chi connectivity index (χ3v) is 11.3. The second-order valence-corrected chi connectivity index (χ2v) is 14.2. The molecule has 2 heterocycles. The number of carbonyl (C=O) groups is 1. The number of carbonyl (C=O) groups excluding carboxylic acids is 1. The average Bonchev–Trinajstić information content (AvgIpc) is 3.34. The number of benzene rings is 3. The number of piperidine rings is 1. The van der Waals surface area contributed by atoms with Crippen molar-refractivity contribution in [2.75, 3.05) is 19.6 Å². The first-order valence-electron chi connectivity index (χ1n) is 15.8. The first-order chi connectivity index (χ1) is 20.8. The van der Waals surface area contributed by atoms with E-state index < -0.39 is 6.10 Å². The van der Waals surface area contributed by atoms with Gasteiger partial charge in [-0.25, -0.2) is 0 Å². The highest BCUT2D eigenvalue weighted by Crippen LogP contribution is 2.62. The maximum Gasteiger partial charge on any atom is 0.227 e. The van der Waals surface area contributed by atoms with E-state index in [0.29, 0.717) is 41.0 Å². The molecular formula is C36H40Cl2N2O3. The smallest absolute Gasteiger partial charge is 0.227 e. The third kappa shape index (κ3) is 4.97. The second kappa shape index (κ2) is 11.4. The Morgan fingerprint density at radius 3 is 2.65 bits per heavy atom. The quantitative estimate of drug-likeness (QED) is 0.299. The van der Waals surface area contributed by atoms with Crippen molar-refractivity contribution in [1.29, 1.82) is 0 Å². The molecule has 2 aliphatic carbocycles. The Hall–Kier alpha value is -2.57. The van der Waals surface area contributed by atoms with Crippen molar-refractivity contribution >= 4 is 29.1 Å². The van der Waals surface area contributed by atoms with Crippen molar-refractivity contribution in [3.05, 3.63) is 99.0 Å². The molecule has 4 aliphatic rings. The van der Waals surface area contributed by atoms with Crippen LogP contribution < -0.4 is 4.74 Å². The van der Waals surface area contributed by atoms with Crippen molar-refractivity contribution in [2.24, 2.45) is 11.8 Å². The lowest BCUT2D eigenvalue weighted by Crippen LogP contribution is -2.69. The lowest BCUT2D eigenvalue weighted by atomic mass is 9.51. The van der Waals surface area contributed by atoms with E-state index in [9.17, 15) is 9.90 Å². The van der Waals surface area contributed by atoms with E-state index in [0.717, 1.165) is 49.1 Å². The number of likely N-dealkylation sites (tertiary alicyclic amines) is 1. The number of hydrogen-bond donors (Lipinski definition) is 1. The standard InChI is InChI=1S/C36H40Cl2N2O3/c1-22(2)20-40(33(42)18-23-11-13-27(37)28(38)17-23)29-14-12-26-30-19-25-9-6-10-32-34(25)36(26,35(29)43-32)15-16-39(30)21-31(41)24-7-4-3-5-8-24/h3-11,13,17,22,26,29-31,35,41H,12,14-16,18-21H2,1-2H3/t26-,29-,30+,31?,35-,36-/m0/s1. The van der Waals surface area contributed by atoms with Crippen LogP contribution in [-0.2, 0) is 23.1 Å². The molecule has 6 atom stereocenters. The summed E-state index contributed by atoms with van der Waals surface area (Å²) in [6, 6.07) is 22.4. The summed E-state index contributed by atoms with van der Waals surface area (Å²) in [6.45, 7) is 6.59. The van der Waals surface area contributed by atoms with Crippen molar-refractivity contribution in [3.63, 3.8) is 0 Å². The molecule has 1 amide bonds. The Balaban J connectivity index is 1.21. The van der Waals surface area contributed by atoms with E-state index in [4.69, 9.17) is 27.9 Å². The summed E-state index contributed by atoms with van der Waals surface area (Å²) in [4.78, 5) is 18.8. The highest BCUT2D eigenvalue weighted by Gasteiger charge is 2.66. The fourth-order valence-electron chi connectivity index (χ4n) is 8.86. The van der Waals surface area contributed by atoms with E-state index in [-0.39, 0.29) is 29.9 Å². The molecule has 3 aromatic carbocycles. The molecule has 5 nitrogen and oxygen atoms in total. The van der Waals surface area contributed by atoms with Crippen molar-refractivity contribution in [1.82, 2.24) is 9.80 Å². The number of β-amino-alcohol motifs (C(OH)–C–C–N with tert-alkyl or cyclic N) is 1. The Morgan fingerprint density at radius 1 is 1.07 bits per heavy atom. The Labute approximate surface area is 264 Å². The van der Waals surface area contributed by atoms with Gasteiger partial charge in [0.25, 0.3) is 0 Å². The summed E-state index contributed by atoms with van der Waals surface area (Å²) in [6.07, 6.45) is 3.58. The molecule has 0 radical (unpaired) electrons. The number of amides is 1. The van der Waals surface area contributed by atoms with Crippen LogP contribution in [0.3, 0.4) is 0 Å².